The van der Waals surface area contributed by atoms with Crippen LogP contribution in [0.25, 0.3) is 11.4 Å². The normalized spacial score (nSPS) is 18.2. The third-order valence-corrected chi connectivity index (χ3v) is 5.02. The van der Waals surface area contributed by atoms with Crippen LogP contribution in [-0.2, 0) is 9.53 Å². The van der Waals surface area contributed by atoms with E-state index in [1.54, 1.807) is 25.1 Å². The predicted molar refractivity (Wildman–Crippen MR) is 92.9 cm³/mol. The molecule has 3 N–H and O–H groups in total. The standard InChI is InChI=1S/C16H20FN5O2S/c1-10(15(23)19-9-11-5-4-8-24-11)25-16-21-20-14(22(16)18)12-6-2-3-7-13(12)17/h2-3,6-7,10-11H,4-5,8-9,18H2,1H3,(H,19,23)/t10-,11+/m1/s1. The van der Waals surface area contributed by atoms with Crippen LogP contribution in [0.4, 0.5) is 4.39 Å². The average molecular weight is 365 g/mol. The topological polar surface area (TPSA) is 95.1 Å². The van der Waals surface area contributed by atoms with Gasteiger partial charge in [-0.15, -0.1) is 10.2 Å². The van der Waals surface area contributed by atoms with Crippen molar-refractivity contribution in [3.05, 3.63) is 30.1 Å². The molecule has 9 heteroatoms. The summed E-state index contributed by atoms with van der Waals surface area (Å²) in [7, 11) is 0. The monoisotopic (exact) mass is 365 g/mol. The van der Waals surface area contributed by atoms with E-state index in [0.29, 0.717) is 11.7 Å². The van der Waals surface area contributed by atoms with E-state index in [1.165, 1.54) is 22.5 Å². The van der Waals surface area contributed by atoms with Crippen molar-refractivity contribution in [2.45, 2.75) is 36.3 Å². The molecule has 0 bridgehead atoms. The molecule has 0 aliphatic carbocycles. The number of aromatic nitrogens is 3. The maximum atomic E-state index is 13.9. The molecule has 134 valence electrons. The van der Waals surface area contributed by atoms with Gasteiger partial charge in [0, 0.05) is 13.2 Å². The Morgan fingerprint density at radius 1 is 1.52 bits per heavy atom. The summed E-state index contributed by atoms with van der Waals surface area (Å²) in [5.74, 6) is 5.64. The Bertz CT molecular complexity index is 748. The van der Waals surface area contributed by atoms with Crippen molar-refractivity contribution < 1.29 is 13.9 Å². The van der Waals surface area contributed by atoms with Crippen molar-refractivity contribution in [1.82, 2.24) is 20.2 Å². The largest absolute Gasteiger partial charge is 0.376 e. The number of nitrogen functional groups attached to an aromatic ring is 1. The quantitative estimate of drug-likeness (QED) is 0.596. The minimum Gasteiger partial charge on any atom is -0.376 e. The van der Waals surface area contributed by atoms with Gasteiger partial charge < -0.3 is 15.9 Å². The van der Waals surface area contributed by atoms with E-state index in [-0.39, 0.29) is 23.4 Å². The number of carbonyl (C=O) groups excluding carboxylic acids is 1. The van der Waals surface area contributed by atoms with E-state index in [0.717, 1.165) is 19.4 Å². The fraction of sp³-hybridized carbons (Fsp3) is 0.438. The number of hydrogen-bond acceptors (Lipinski definition) is 6. The molecule has 1 fully saturated rings. The van der Waals surface area contributed by atoms with Gasteiger partial charge in [0.05, 0.1) is 16.9 Å². The summed E-state index contributed by atoms with van der Waals surface area (Å²) in [6, 6.07) is 6.19. The summed E-state index contributed by atoms with van der Waals surface area (Å²) in [4.78, 5) is 12.2. The highest BCUT2D eigenvalue weighted by Crippen LogP contribution is 2.26. The second kappa shape index (κ2) is 7.83. The number of hydrogen-bond donors (Lipinski definition) is 2. The molecule has 3 rings (SSSR count). The third-order valence-electron chi connectivity index (χ3n) is 3.96. The summed E-state index contributed by atoms with van der Waals surface area (Å²) < 4.78 is 20.6. The van der Waals surface area contributed by atoms with Crippen molar-refractivity contribution in [2.75, 3.05) is 19.0 Å². The number of thioether (sulfide) groups is 1. The zero-order chi connectivity index (χ0) is 17.8. The highest BCUT2D eigenvalue weighted by atomic mass is 32.2. The first-order chi connectivity index (χ1) is 12.1. The van der Waals surface area contributed by atoms with Crippen LogP contribution in [0, 0.1) is 5.82 Å². The van der Waals surface area contributed by atoms with Crippen molar-refractivity contribution in [2.24, 2.45) is 0 Å². The molecule has 25 heavy (non-hydrogen) atoms. The Labute approximate surface area is 149 Å². The van der Waals surface area contributed by atoms with Gasteiger partial charge in [0.25, 0.3) is 0 Å². The van der Waals surface area contributed by atoms with Crippen LogP contribution in [0.2, 0.25) is 0 Å². The van der Waals surface area contributed by atoms with Crippen LogP contribution in [0.5, 0.6) is 0 Å². The van der Waals surface area contributed by atoms with Gasteiger partial charge in [-0.3, -0.25) is 4.79 Å². The second-order valence-corrected chi connectivity index (χ2v) is 7.10. The maximum Gasteiger partial charge on any atom is 0.233 e. The van der Waals surface area contributed by atoms with Gasteiger partial charge >= 0.3 is 0 Å². The number of nitrogens with one attached hydrogen (secondary N) is 1. The zero-order valence-electron chi connectivity index (χ0n) is 13.8. The van der Waals surface area contributed by atoms with Gasteiger partial charge in [0.15, 0.2) is 5.82 Å². The van der Waals surface area contributed by atoms with Gasteiger partial charge in [-0.05, 0) is 31.9 Å². The average Bonchev–Trinajstić information content (AvgIpc) is 3.24. The molecule has 1 saturated heterocycles. The van der Waals surface area contributed by atoms with Crippen LogP contribution >= 0.6 is 11.8 Å². The summed E-state index contributed by atoms with van der Waals surface area (Å²) in [5, 5.41) is 10.7. The molecular weight excluding hydrogens is 345 g/mol. The zero-order valence-corrected chi connectivity index (χ0v) is 14.6. The van der Waals surface area contributed by atoms with Gasteiger partial charge in [0.1, 0.15) is 5.82 Å². The van der Waals surface area contributed by atoms with E-state index in [1.807, 2.05) is 0 Å². The van der Waals surface area contributed by atoms with Crippen LogP contribution in [0.3, 0.4) is 0 Å². The van der Waals surface area contributed by atoms with Crippen LogP contribution < -0.4 is 11.2 Å². The van der Waals surface area contributed by atoms with E-state index >= 15 is 0 Å². The first-order valence-corrected chi connectivity index (χ1v) is 8.95. The molecule has 0 unspecified atom stereocenters. The molecule has 1 aliphatic rings. The van der Waals surface area contributed by atoms with Crippen LogP contribution in [0.1, 0.15) is 19.8 Å². The second-order valence-electron chi connectivity index (χ2n) is 5.80. The Balaban J connectivity index is 1.62. The minimum atomic E-state index is -0.430. The molecule has 1 aliphatic heterocycles. The number of nitrogens with zero attached hydrogens (tertiary/aromatic N) is 3. The first kappa shape index (κ1) is 17.7. The van der Waals surface area contributed by atoms with E-state index in [9.17, 15) is 9.18 Å². The Kier molecular flexibility index (Phi) is 5.54. The fourth-order valence-electron chi connectivity index (χ4n) is 2.56. The van der Waals surface area contributed by atoms with Gasteiger partial charge in [-0.1, -0.05) is 23.9 Å². The smallest absolute Gasteiger partial charge is 0.233 e. The number of ether oxygens (including phenoxy) is 1. The number of amides is 1. The molecule has 2 heterocycles. The summed E-state index contributed by atoms with van der Waals surface area (Å²) in [6.07, 6.45) is 2.08. The van der Waals surface area contributed by atoms with Crippen LogP contribution in [0.15, 0.2) is 29.4 Å². The molecule has 7 nitrogen and oxygen atoms in total. The highest BCUT2D eigenvalue weighted by Gasteiger charge is 2.22. The minimum absolute atomic E-state index is 0.0898. The highest BCUT2D eigenvalue weighted by molar-refractivity contribution is 8.00. The molecule has 1 aromatic heterocycles. The number of carbonyl (C=O) groups is 1. The molecule has 1 amide bonds. The Morgan fingerprint density at radius 2 is 2.32 bits per heavy atom. The van der Waals surface area contributed by atoms with Crippen molar-refractivity contribution in [3.63, 3.8) is 0 Å². The molecule has 0 spiro atoms. The Morgan fingerprint density at radius 3 is 3.04 bits per heavy atom. The summed E-state index contributed by atoms with van der Waals surface area (Å²) in [6.45, 7) is 3.01. The Hall–Kier alpha value is -2.13. The van der Waals surface area contributed by atoms with E-state index in [4.69, 9.17) is 10.6 Å². The molecule has 1 aromatic carbocycles. The first-order valence-electron chi connectivity index (χ1n) is 8.07. The number of benzene rings is 1. The molecule has 2 atom stereocenters. The van der Waals surface area contributed by atoms with Gasteiger partial charge in [0.2, 0.25) is 11.1 Å². The third kappa shape index (κ3) is 4.10. The molecule has 2 aromatic rings. The lowest BCUT2D eigenvalue weighted by atomic mass is 10.2. The lowest BCUT2D eigenvalue weighted by molar-refractivity contribution is -0.120. The summed E-state index contributed by atoms with van der Waals surface area (Å²) in [5.41, 5.74) is 0.264. The van der Waals surface area contributed by atoms with Gasteiger partial charge in [-0.2, -0.15) is 0 Å². The SMILES string of the molecule is C[C@@H](Sc1nnc(-c2ccccc2F)n1N)C(=O)NC[C@@H]1CCCO1. The summed E-state index contributed by atoms with van der Waals surface area (Å²) >= 11 is 1.17. The van der Waals surface area contributed by atoms with Crippen molar-refractivity contribution >= 4 is 17.7 Å². The number of rotatable bonds is 6. The molecule has 0 radical (unpaired) electrons. The van der Waals surface area contributed by atoms with Gasteiger partial charge in [-0.25, -0.2) is 9.07 Å². The van der Waals surface area contributed by atoms with Crippen LogP contribution in [-0.4, -0.2) is 45.3 Å². The molecular formula is C16H20FN5O2S. The van der Waals surface area contributed by atoms with E-state index in [2.05, 4.69) is 15.5 Å². The number of halogens is 1. The lowest BCUT2D eigenvalue weighted by Gasteiger charge is -2.14. The molecule has 0 saturated carbocycles. The predicted octanol–water partition coefficient (Wildman–Crippen LogP) is 1.57. The maximum absolute atomic E-state index is 13.9. The van der Waals surface area contributed by atoms with Crippen molar-refractivity contribution in [3.8, 4) is 11.4 Å². The lowest BCUT2D eigenvalue weighted by Crippen LogP contribution is -2.36. The van der Waals surface area contributed by atoms with Crippen molar-refractivity contribution in [1.29, 1.82) is 0 Å². The van der Waals surface area contributed by atoms with E-state index < -0.39 is 11.1 Å². The fourth-order valence-corrected chi connectivity index (χ4v) is 3.35. The number of nitrogens with two attached hydrogens (primary N) is 1.